The van der Waals surface area contributed by atoms with Crippen LogP contribution in [0.1, 0.15) is 36.2 Å². The van der Waals surface area contributed by atoms with Crippen LogP contribution in [0.4, 0.5) is 0 Å². The first-order valence-electron chi connectivity index (χ1n) is 7.66. The average molecular weight is 283 g/mol. The molecule has 1 aliphatic carbocycles. The van der Waals surface area contributed by atoms with E-state index in [4.69, 9.17) is 5.73 Å². The fourth-order valence-corrected chi connectivity index (χ4v) is 2.74. The normalized spacial score (nSPS) is 14.9. The second-order valence-corrected chi connectivity index (χ2v) is 5.61. The van der Waals surface area contributed by atoms with Gasteiger partial charge in [0, 0.05) is 18.0 Å². The van der Waals surface area contributed by atoms with E-state index >= 15 is 0 Å². The van der Waals surface area contributed by atoms with Gasteiger partial charge in [0.25, 0.3) is 5.91 Å². The summed E-state index contributed by atoms with van der Waals surface area (Å²) in [6, 6.07) is 12.1. The maximum absolute atomic E-state index is 12.8. The fourth-order valence-electron chi connectivity index (χ4n) is 2.74. The highest BCUT2D eigenvalue weighted by Gasteiger charge is 2.29. The molecule has 0 spiro atoms. The van der Waals surface area contributed by atoms with Crippen LogP contribution >= 0.6 is 0 Å². The Morgan fingerprint density at radius 1 is 1.24 bits per heavy atom. The second-order valence-electron chi connectivity index (χ2n) is 5.61. The highest BCUT2D eigenvalue weighted by molar-refractivity contribution is 5.95. The van der Waals surface area contributed by atoms with Crippen LogP contribution in [0.15, 0.2) is 36.4 Å². The van der Waals surface area contributed by atoms with Crippen LogP contribution in [-0.2, 0) is 0 Å². The van der Waals surface area contributed by atoms with Crippen molar-refractivity contribution in [3.63, 3.8) is 0 Å². The third-order valence-electron chi connectivity index (χ3n) is 4.20. The van der Waals surface area contributed by atoms with Gasteiger partial charge in [-0.3, -0.25) is 4.79 Å². The maximum atomic E-state index is 12.8. The van der Waals surface area contributed by atoms with Gasteiger partial charge in [0.1, 0.15) is 5.69 Å². The molecule has 0 radical (unpaired) electrons. The number of rotatable bonds is 5. The van der Waals surface area contributed by atoms with E-state index in [0.29, 0.717) is 18.3 Å². The quantitative estimate of drug-likeness (QED) is 0.917. The Labute approximate surface area is 125 Å². The molecule has 3 rings (SSSR count). The van der Waals surface area contributed by atoms with Gasteiger partial charge in [0.15, 0.2) is 0 Å². The second kappa shape index (κ2) is 6.22. The number of fused-ring (bicyclic) bond motifs is 1. The molecule has 1 aliphatic rings. The molecule has 21 heavy (non-hydrogen) atoms. The minimum Gasteiger partial charge on any atom is -0.334 e. The molecular formula is C17H21N3O. The van der Waals surface area contributed by atoms with Crippen LogP contribution in [0.3, 0.4) is 0 Å². The smallest absolute Gasteiger partial charge is 0.272 e. The number of benzene rings is 1. The summed E-state index contributed by atoms with van der Waals surface area (Å²) in [5.74, 6) is 0.0407. The molecule has 0 bridgehead atoms. The zero-order valence-corrected chi connectivity index (χ0v) is 12.2. The van der Waals surface area contributed by atoms with Gasteiger partial charge >= 0.3 is 0 Å². The number of carbonyl (C=O) groups is 1. The number of aromatic nitrogens is 1. The van der Waals surface area contributed by atoms with Crippen molar-refractivity contribution in [1.82, 2.24) is 9.88 Å². The molecule has 1 heterocycles. The van der Waals surface area contributed by atoms with E-state index in [-0.39, 0.29) is 5.91 Å². The lowest BCUT2D eigenvalue weighted by molar-refractivity contribution is 0.0573. The predicted molar refractivity (Wildman–Crippen MR) is 84.1 cm³/mol. The summed E-state index contributed by atoms with van der Waals surface area (Å²) >= 11 is 0. The van der Waals surface area contributed by atoms with E-state index < -0.39 is 0 Å². The molecule has 0 aliphatic heterocycles. The number of amides is 1. The molecular weight excluding hydrogens is 262 g/mol. The van der Waals surface area contributed by atoms with Gasteiger partial charge in [-0.25, -0.2) is 4.98 Å². The SMILES string of the molecule is NCCCN(C(=O)c1ccc2ccccc2n1)C1CCC1. The summed E-state index contributed by atoms with van der Waals surface area (Å²) in [4.78, 5) is 19.2. The van der Waals surface area contributed by atoms with Gasteiger partial charge in [-0.1, -0.05) is 24.3 Å². The van der Waals surface area contributed by atoms with Crippen LogP contribution in [-0.4, -0.2) is 34.9 Å². The van der Waals surface area contributed by atoms with E-state index in [1.807, 2.05) is 41.3 Å². The number of hydrogen-bond donors (Lipinski definition) is 1. The van der Waals surface area contributed by atoms with Gasteiger partial charge in [-0.05, 0) is 44.4 Å². The van der Waals surface area contributed by atoms with Crippen molar-refractivity contribution in [2.45, 2.75) is 31.7 Å². The largest absolute Gasteiger partial charge is 0.334 e. The Hall–Kier alpha value is -1.94. The number of nitrogens with zero attached hydrogens (tertiary/aromatic N) is 2. The van der Waals surface area contributed by atoms with Crippen molar-refractivity contribution in [1.29, 1.82) is 0 Å². The van der Waals surface area contributed by atoms with Crippen LogP contribution in [0.2, 0.25) is 0 Å². The van der Waals surface area contributed by atoms with Gasteiger partial charge < -0.3 is 10.6 Å². The zero-order valence-electron chi connectivity index (χ0n) is 12.2. The van der Waals surface area contributed by atoms with E-state index in [2.05, 4.69) is 4.98 Å². The molecule has 1 fully saturated rings. The first-order chi connectivity index (χ1) is 10.3. The van der Waals surface area contributed by atoms with E-state index in [1.165, 1.54) is 6.42 Å². The van der Waals surface area contributed by atoms with Gasteiger partial charge in [0.2, 0.25) is 0 Å². The van der Waals surface area contributed by atoms with Gasteiger partial charge in [-0.15, -0.1) is 0 Å². The van der Waals surface area contributed by atoms with Crippen molar-refractivity contribution >= 4 is 16.8 Å². The van der Waals surface area contributed by atoms with Crippen molar-refractivity contribution in [2.75, 3.05) is 13.1 Å². The highest BCUT2D eigenvalue weighted by atomic mass is 16.2. The minimum atomic E-state index is 0.0407. The lowest BCUT2D eigenvalue weighted by atomic mass is 9.91. The Balaban J connectivity index is 1.85. The predicted octanol–water partition coefficient (Wildman–Crippen LogP) is 2.58. The van der Waals surface area contributed by atoms with Crippen molar-refractivity contribution < 1.29 is 4.79 Å². The molecule has 4 nitrogen and oxygen atoms in total. The molecule has 0 saturated heterocycles. The molecule has 1 saturated carbocycles. The van der Waals surface area contributed by atoms with Crippen LogP contribution in [0.5, 0.6) is 0 Å². The molecule has 1 amide bonds. The monoisotopic (exact) mass is 283 g/mol. The Morgan fingerprint density at radius 2 is 2.05 bits per heavy atom. The van der Waals surface area contributed by atoms with Crippen molar-refractivity contribution in [3.05, 3.63) is 42.1 Å². The summed E-state index contributed by atoms with van der Waals surface area (Å²) < 4.78 is 0. The van der Waals surface area contributed by atoms with Crippen LogP contribution in [0.25, 0.3) is 10.9 Å². The van der Waals surface area contributed by atoms with E-state index in [0.717, 1.165) is 36.7 Å². The molecule has 0 atom stereocenters. The molecule has 2 aromatic rings. The minimum absolute atomic E-state index is 0.0407. The number of hydrogen-bond acceptors (Lipinski definition) is 3. The zero-order chi connectivity index (χ0) is 14.7. The summed E-state index contributed by atoms with van der Waals surface area (Å²) in [7, 11) is 0. The van der Waals surface area contributed by atoms with Gasteiger partial charge in [0.05, 0.1) is 5.52 Å². The van der Waals surface area contributed by atoms with E-state index in [9.17, 15) is 4.79 Å². The number of nitrogens with two attached hydrogens (primary N) is 1. The first kappa shape index (κ1) is 14.0. The molecule has 110 valence electrons. The van der Waals surface area contributed by atoms with Crippen molar-refractivity contribution in [2.24, 2.45) is 5.73 Å². The number of pyridine rings is 1. The molecule has 4 heteroatoms. The average Bonchev–Trinajstić information content (AvgIpc) is 2.48. The molecule has 0 unspecified atom stereocenters. The summed E-state index contributed by atoms with van der Waals surface area (Å²) in [5, 5.41) is 1.06. The highest BCUT2D eigenvalue weighted by Crippen LogP contribution is 2.26. The number of para-hydroxylation sites is 1. The third-order valence-corrected chi connectivity index (χ3v) is 4.20. The Kier molecular flexibility index (Phi) is 4.15. The fraction of sp³-hybridized carbons (Fsp3) is 0.412. The lowest BCUT2D eigenvalue weighted by Gasteiger charge is -2.37. The summed E-state index contributed by atoms with van der Waals surface area (Å²) in [6.45, 7) is 1.34. The molecule has 1 aromatic carbocycles. The first-order valence-corrected chi connectivity index (χ1v) is 7.66. The third kappa shape index (κ3) is 2.90. The molecule has 2 N–H and O–H groups in total. The Morgan fingerprint density at radius 3 is 2.76 bits per heavy atom. The van der Waals surface area contributed by atoms with Crippen LogP contribution in [0, 0.1) is 0 Å². The molecule has 1 aromatic heterocycles. The summed E-state index contributed by atoms with van der Waals surface area (Å²) in [5.41, 5.74) is 7.01. The Bertz CT molecular complexity index is 637. The van der Waals surface area contributed by atoms with Crippen LogP contribution < -0.4 is 5.73 Å². The maximum Gasteiger partial charge on any atom is 0.272 e. The topological polar surface area (TPSA) is 59.2 Å². The van der Waals surface area contributed by atoms with Crippen molar-refractivity contribution in [3.8, 4) is 0 Å². The lowest BCUT2D eigenvalue weighted by Crippen LogP contribution is -2.45. The standard InChI is InChI=1S/C17H21N3O/c18-11-4-12-20(14-6-3-7-14)17(21)16-10-9-13-5-1-2-8-15(13)19-16/h1-2,5,8-10,14H,3-4,6-7,11-12,18H2. The van der Waals surface area contributed by atoms with E-state index in [1.54, 1.807) is 0 Å². The summed E-state index contributed by atoms with van der Waals surface area (Å²) in [6.07, 6.45) is 4.26. The number of carbonyl (C=O) groups excluding carboxylic acids is 1. The van der Waals surface area contributed by atoms with Gasteiger partial charge in [-0.2, -0.15) is 0 Å².